The summed E-state index contributed by atoms with van der Waals surface area (Å²) >= 11 is 0. The van der Waals surface area contributed by atoms with E-state index in [0.29, 0.717) is 12.5 Å². The van der Waals surface area contributed by atoms with Gasteiger partial charge in [-0.05, 0) is 43.0 Å². The largest absolute Gasteiger partial charge is 0.399 e. The van der Waals surface area contributed by atoms with Gasteiger partial charge in [-0.2, -0.15) is 0 Å². The van der Waals surface area contributed by atoms with E-state index in [9.17, 15) is 0 Å². The Kier molecular flexibility index (Phi) is 3.11. The van der Waals surface area contributed by atoms with E-state index in [4.69, 9.17) is 10.8 Å². The van der Waals surface area contributed by atoms with E-state index in [1.807, 2.05) is 12.1 Å². The molecule has 0 bridgehead atoms. The minimum Gasteiger partial charge on any atom is -0.399 e. The lowest BCUT2D eigenvalue weighted by molar-refractivity contribution is 0.203. The average Bonchev–Trinajstić information content (AvgIpc) is 2.30. The third-order valence-electron chi connectivity index (χ3n) is 3.13. The van der Waals surface area contributed by atoms with Crippen LogP contribution in [0.4, 0.5) is 11.4 Å². The van der Waals surface area contributed by atoms with E-state index in [-0.39, 0.29) is 0 Å². The summed E-state index contributed by atoms with van der Waals surface area (Å²) in [5, 5.41) is 9.05. The minimum atomic E-state index is 0.329. The summed E-state index contributed by atoms with van der Waals surface area (Å²) in [5.41, 5.74) is 7.69. The summed E-state index contributed by atoms with van der Waals surface area (Å²) in [6, 6.07) is 8.00. The molecule has 1 saturated heterocycles. The first-order chi connectivity index (χ1) is 7.29. The molecule has 2 rings (SSSR count). The Balaban J connectivity index is 1.98. The van der Waals surface area contributed by atoms with E-state index in [0.717, 1.165) is 31.6 Å². The number of nitrogens with two attached hydrogens (primary N) is 1. The Bertz CT molecular complexity index is 302. The summed E-state index contributed by atoms with van der Waals surface area (Å²) < 4.78 is 0. The van der Waals surface area contributed by atoms with Crippen LogP contribution in [0.2, 0.25) is 0 Å². The SMILES string of the molecule is Nc1ccc(N2CCC(CO)CC2)cc1. The van der Waals surface area contributed by atoms with Crippen molar-refractivity contribution in [2.24, 2.45) is 5.92 Å². The van der Waals surface area contributed by atoms with Gasteiger partial charge in [0, 0.05) is 31.1 Å². The van der Waals surface area contributed by atoms with E-state index >= 15 is 0 Å². The highest BCUT2D eigenvalue weighted by Crippen LogP contribution is 2.23. The molecule has 0 amide bonds. The highest BCUT2D eigenvalue weighted by atomic mass is 16.3. The van der Waals surface area contributed by atoms with Crippen molar-refractivity contribution in [3.63, 3.8) is 0 Å². The monoisotopic (exact) mass is 206 g/mol. The number of aliphatic hydroxyl groups excluding tert-OH is 1. The van der Waals surface area contributed by atoms with Crippen molar-refractivity contribution in [2.75, 3.05) is 30.3 Å². The van der Waals surface area contributed by atoms with Gasteiger partial charge in [-0.3, -0.25) is 0 Å². The maximum absolute atomic E-state index is 9.05. The van der Waals surface area contributed by atoms with Crippen molar-refractivity contribution in [1.82, 2.24) is 0 Å². The van der Waals surface area contributed by atoms with Crippen LogP contribution in [0.3, 0.4) is 0 Å². The number of rotatable bonds is 2. The molecule has 0 aromatic heterocycles. The number of nitrogen functional groups attached to an aromatic ring is 1. The quantitative estimate of drug-likeness (QED) is 0.721. The molecule has 82 valence electrons. The Morgan fingerprint density at radius 3 is 2.33 bits per heavy atom. The zero-order valence-electron chi connectivity index (χ0n) is 8.89. The Morgan fingerprint density at radius 2 is 1.80 bits per heavy atom. The molecular weight excluding hydrogens is 188 g/mol. The molecule has 3 heteroatoms. The summed E-state index contributed by atoms with van der Waals surface area (Å²) in [7, 11) is 0. The molecule has 0 unspecified atom stereocenters. The molecule has 0 spiro atoms. The fourth-order valence-corrected chi connectivity index (χ4v) is 2.06. The van der Waals surface area contributed by atoms with Crippen LogP contribution in [0, 0.1) is 5.92 Å². The van der Waals surface area contributed by atoms with Crippen LogP contribution < -0.4 is 10.6 Å². The first kappa shape index (κ1) is 10.3. The fourth-order valence-electron chi connectivity index (χ4n) is 2.06. The van der Waals surface area contributed by atoms with Gasteiger partial charge in [-0.25, -0.2) is 0 Å². The molecule has 3 N–H and O–H groups in total. The van der Waals surface area contributed by atoms with Gasteiger partial charge in [0.25, 0.3) is 0 Å². The lowest BCUT2D eigenvalue weighted by Crippen LogP contribution is -2.34. The third-order valence-corrected chi connectivity index (χ3v) is 3.13. The Labute approximate surface area is 90.5 Å². The zero-order chi connectivity index (χ0) is 10.7. The van der Waals surface area contributed by atoms with Crippen molar-refractivity contribution in [2.45, 2.75) is 12.8 Å². The second kappa shape index (κ2) is 4.53. The lowest BCUT2D eigenvalue weighted by atomic mass is 9.97. The highest BCUT2D eigenvalue weighted by Gasteiger charge is 2.18. The lowest BCUT2D eigenvalue weighted by Gasteiger charge is -2.32. The maximum atomic E-state index is 9.05. The molecule has 0 aliphatic carbocycles. The van der Waals surface area contributed by atoms with Gasteiger partial charge in [0.05, 0.1) is 0 Å². The molecule has 15 heavy (non-hydrogen) atoms. The summed E-state index contributed by atoms with van der Waals surface area (Å²) in [4.78, 5) is 2.35. The predicted octanol–water partition coefficient (Wildman–Crippen LogP) is 1.48. The Hall–Kier alpha value is -1.22. The van der Waals surface area contributed by atoms with Crippen molar-refractivity contribution in [3.05, 3.63) is 24.3 Å². The van der Waals surface area contributed by atoms with Gasteiger partial charge in [0.15, 0.2) is 0 Å². The van der Waals surface area contributed by atoms with Crippen LogP contribution in [-0.4, -0.2) is 24.8 Å². The molecule has 0 atom stereocenters. The molecule has 3 nitrogen and oxygen atoms in total. The smallest absolute Gasteiger partial charge is 0.0460 e. The maximum Gasteiger partial charge on any atom is 0.0460 e. The average molecular weight is 206 g/mol. The summed E-state index contributed by atoms with van der Waals surface area (Å²) in [6.45, 7) is 2.40. The summed E-state index contributed by atoms with van der Waals surface area (Å²) in [6.07, 6.45) is 2.17. The number of anilines is 2. The van der Waals surface area contributed by atoms with Gasteiger partial charge in [0.1, 0.15) is 0 Å². The molecule has 0 radical (unpaired) electrons. The first-order valence-corrected chi connectivity index (χ1v) is 5.51. The predicted molar refractivity (Wildman–Crippen MR) is 62.9 cm³/mol. The van der Waals surface area contributed by atoms with Crippen molar-refractivity contribution >= 4 is 11.4 Å². The molecule has 1 fully saturated rings. The summed E-state index contributed by atoms with van der Waals surface area (Å²) in [5.74, 6) is 0.495. The van der Waals surface area contributed by atoms with Crippen molar-refractivity contribution in [1.29, 1.82) is 0 Å². The van der Waals surface area contributed by atoms with Gasteiger partial charge in [-0.15, -0.1) is 0 Å². The molecule has 1 aliphatic heterocycles. The minimum absolute atomic E-state index is 0.329. The number of piperidine rings is 1. The third kappa shape index (κ3) is 2.42. The molecule has 1 aromatic rings. The molecule has 1 aliphatic rings. The van der Waals surface area contributed by atoms with E-state index < -0.39 is 0 Å². The van der Waals surface area contributed by atoms with Crippen molar-refractivity contribution < 1.29 is 5.11 Å². The van der Waals surface area contributed by atoms with Gasteiger partial charge in [-0.1, -0.05) is 0 Å². The van der Waals surface area contributed by atoms with E-state index in [1.165, 1.54) is 5.69 Å². The molecular formula is C12H18N2O. The molecule has 0 saturated carbocycles. The van der Waals surface area contributed by atoms with E-state index in [1.54, 1.807) is 0 Å². The zero-order valence-corrected chi connectivity index (χ0v) is 8.89. The van der Waals surface area contributed by atoms with Crippen LogP contribution in [0.15, 0.2) is 24.3 Å². The van der Waals surface area contributed by atoms with Gasteiger partial charge >= 0.3 is 0 Å². The van der Waals surface area contributed by atoms with Crippen molar-refractivity contribution in [3.8, 4) is 0 Å². The number of hydrogen-bond acceptors (Lipinski definition) is 3. The number of aliphatic hydroxyl groups is 1. The highest BCUT2D eigenvalue weighted by molar-refractivity contribution is 5.53. The topological polar surface area (TPSA) is 49.5 Å². The normalized spacial score (nSPS) is 18.1. The van der Waals surface area contributed by atoms with Gasteiger partial charge < -0.3 is 15.7 Å². The van der Waals surface area contributed by atoms with Crippen LogP contribution in [0.25, 0.3) is 0 Å². The standard InChI is InChI=1S/C12H18N2O/c13-11-1-3-12(4-2-11)14-7-5-10(9-15)6-8-14/h1-4,10,15H,5-9,13H2. The number of hydrogen-bond donors (Lipinski definition) is 2. The van der Waals surface area contributed by atoms with Crippen LogP contribution in [0.5, 0.6) is 0 Å². The number of nitrogens with zero attached hydrogens (tertiary/aromatic N) is 1. The fraction of sp³-hybridized carbons (Fsp3) is 0.500. The number of benzene rings is 1. The Morgan fingerprint density at radius 1 is 1.20 bits per heavy atom. The van der Waals surface area contributed by atoms with Crippen LogP contribution >= 0.6 is 0 Å². The van der Waals surface area contributed by atoms with E-state index in [2.05, 4.69) is 17.0 Å². The molecule has 1 heterocycles. The van der Waals surface area contributed by atoms with Crippen LogP contribution in [0.1, 0.15) is 12.8 Å². The second-order valence-corrected chi connectivity index (χ2v) is 4.20. The van der Waals surface area contributed by atoms with Gasteiger partial charge in [0.2, 0.25) is 0 Å². The molecule has 1 aromatic carbocycles. The van der Waals surface area contributed by atoms with Crippen LogP contribution in [-0.2, 0) is 0 Å². The second-order valence-electron chi connectivity index (χ2n) is 4.20. The first-order valence-electron chi connectivity index (χ1n) is 5.51.